The summed E-state index contributed by atoms with van der Waals surface area (Å²) in [7, 11) is 0. The molecule has 0 unspecified atom stereocenters. The highest BCUT2D eigenvalue weighted by molar-refractivity contribution is 4.90. The average Bonchev–Trinajstić information content (AvgIpc) is 2.13. The fourth-order valence-corrected chi connectivity index (χ4v) is 2.31. The monoisotopic (exact) mass is 228 g/mol. The minimum atomic E-state index is 0.000176. The smallest absolute Gasteiger partial charge is 0.0902 e. The molecule has 2 fully saturated rings. The Hall–Kier alpha value is -0.160. The third-order valence-electron chi connectivity index (χ3n) is 3.36. The fourth-order valence-electron chi connectivity index (χ4n) is 2.31. The van der Waals surface area contributed by atoms with Gasteiger partial charge in [0.05, 0.1) is 24.4 Å². The van der Waals surface area contributed by atoms with Gasteiger partial charge in [-0.15, -0.1) is 0 Å². The molecular formula is C12H24N2O2. The number of rotatable bonds is 4. The van der Waals surface area contributed by atoms with Crippen molar-refractivity contribution in [2.45, 2.75) is 32.0 Å². The Kier molecular flexibility index (Phi) is 3.54. The van der Waals surface area contributed by atoms with Gasteiger partial charge in [-0.2, -0.15) is 0 Å². The first-order chi connectivity index (χ1) is 7.49. The first kappa shape index (κ1) is 12.3. The standard InChI is InChI=1S/C12H24N2O2/c1-11(2)10-14(4-6-15-11)5-7-16-12(3)8-13-9-12/h13H,4-10H2,1-3H3. The minimum Gasteiger partial charge on any atom is -0.373 e. The Morgan fingerprint density at radius 1 is 1.31 bits per heavy atom. The molecule has 0 saturated carbocycles. The van der Waals surface area contributed by atoms with Crippen LogP contribution < -0.4 is 5.32 Å². The van der Waals surface area contributed by atoms with Crippen LogP contribution in [0.3, 0.4) is 0 Å². The van der Waals surface area contributed by atoms with Gasteiger partial charge in [0.2, 0.25) is 0 Å². The number of hydrogen-bond acceptors (Lipinski definition) is 4. The highest BCUT2D eigenvalue weighted by Crippen LogP contribution is 2.18. The third kappa shape index (κ3) is 3.17. The second kappa shape index (κ2) is 4.61. The SMILES string of the molecule is CC1(C)CN(CCOC2(C)CNC2)CCO1. The van der Waals surface area contributed by atoms with Crippen molar-refractivity contribution in [2.24, 2.45) is 0 Å². The molecule has 1 N–H and O–H groups in total. The van der Waals surface area contributed by atoms with E-state index >= 15 is 0 Å². The summed E-state index contributed by atoms with van der Waals surface area (Å²) in [6.45, 7) is 13.2. The molecule has 0 aliphatic carbocycles. The van der Waals surface area contributed by atoms with E-state index in [2.05, 4.69) is 31.0 Å². The molecule has 2 aliphatic heterocycles. The Morgan fingerprint density at radius 2 is 2.06 bits per heavy atom. The van der Waals surface area contributed by atoms with E-state index in [1.54, 1.807) is 0 Å². The lowest BCUT2D eigenvalue weighted by Gasteiger charge is -2.41. The molecular weight excluding hydrogens is 204 g/mol. The van der Waals surface area contributed by atoms with Crippen LogP contribution >= 0.6 is 0 Å². The third-order valence-corrected chi connectivity index (χ3v) is 3.36. The molecule has 4 nitrogen and oxygen atoms in total. The Labute approximate surface area is 98.3 Å². The molecule has 0 bridgehead atoms. The van der Waals surface area contributed by atoms with Crippen molar-refractivity contribution >= 4 is 0 Å². The van der Waals surface area contributed by atoms with Crippen molar-refractivity contribution in [3.05, 3.63) is 0 Å². The molecule has 2 rings (SSSR count). The van der Waals surface area contributed by atoms with Crippen LogP contribution in [0, 0.1) is 0 Å². The number of ether oxygens (including phenoxy) is 2. The normalized spacial score (nSPS) is 28.7. The summed E-state index contributed by atoms with van der Waals surface area (Å²) in [5.74, 6) is 0. The molecule has 4 heteroatoms. The van der Waals surface area contributed by atoms with E-state index < -0.39 is 0 Å². The molecule has 0 amide bonds. The zero-order valence-corrected chi connectivity index (χ0v) is 10.7. The van der Waals surface area contributed by atoms with Crippen LogP contribution in [0.4, 0.5) is 0 Å². The molecule has 0 aromatic rings. The van der Waals surface area contributed by atoms with E-state index in [1.165, 1.54) is 0 Å². The summed E-state index contributed by atoms with van der Waals surface area (Å²) in [6, 6.07) is 0. The number of nitrogens with one attached hydrogen (secondary N) is 1. The van der Waals surface area contributed by atoms with E-state index in [4.69, 9.17) is 9.47 Å². The highest BCUT2D eigenvalue weighted by Gasteiger charge is 2.33. The zero-order valence-electron chi connectivity index (χ0n) is 10.7. The van der Waals surface area contributed by atoms with Crippen LogP contribution in [-0.4, -0.2) is 62.0 Å². The number of morpholine rings is 1. The van der Waals surface area contributed by atoms with Crippen LogP contribution in [-0.2, 0) is 9.47 Å². The summed E-state index contributed by atoms with van der Waals surface area (Å²) in [5.41, 5.74) is 0.0853. The van der Waals surface area contributed by atoms with E-state index in [1.807, 2.05) is 0 Å². The molecule has 2 aliphatic rings. The molecule has 0 aromatic heterocycles. The molecule has 94 valence electrons. The van der Waals surface area contributed by atoms with E-state index in [-0.39, 0.29) is 11.2 Å². The van der Waals surface area contributed by atoms with Gasteiger partial charge in [0.1, 0.15) is 0 Å². The number of hydrogen-bond donors (Lipinski definition) is 1. The van der Waals surface area contributed by atoms with Gasteiger partial charge in [-0.3, -0.25) is 4.90 Å². The van der Waals surface area contributed by atoms with E-state index in [9.17, 15) is 0 Å². The van der Waals surface area contributed by atoms with Gasteiger partial charge < -0.3 is 14.8 Å². The summed E-state index contributed by atoms with van der Waals surface area (Å²) in [6.07, 6.45) is 0. The van der Waals surface area contributed by atoms with Crippen molar-refractivity contribution in [3.8, 4) is 0 Å². The second-order valence-electron chi connectivity index (χ2n) is 5.79. The van der Waals surface area contributed by atoms with Gasteiger partial charge in [0.15, 0.2) is 0 Å². The van der Waals surface area contributed by atoms with Crippen molar-refractivity contribution < 1.29 is 9.47 Å². The maximum Gasteiger partial charge on any atom is 0.0902 e. The molecule has 2 saturated heterocycles. The largest absolute Gasteiger partial charge is 0.373 e. The van der Waals surface area contributed by atoms with Crippen LogP contribution in [0.5, 0.6) is 0 Å². The van der Waals surface area contributed by atoms with Crippen molar-refractivity contribution in [2.75, 3.05) is 45.9 Å². The van der Waals surface area contributed by atoms with Gasteiger partial charge in [-0.25, -0.2) is 0 Å². The Bertz CT molecular complexity index is 239. The average molecular weight is 228 g/mol. The molecule has 16 heavy (non-hydrogen) atoms. The summed E-state index contributed by atoms with van der Waals surface area (Å²) in [5, 5.41) is 3.24. The predicted octanol–water partition coefficient (Wildman–Crippen LogP) is 0.476. The molecule has 0 spiro atoms. The maximum absolute atomic E-state index is 5.89. The number of nitrogens with zero attached hydrogens (tertiary/aromatic N) is 1. The van der Waals surface area contributed by atoms with Gasteiger partial charge in [0.25, 0.3) is 0 Å². The van der Waals surface area contributed by atoms with Gasteiger partial charge in [0, 0.05) is 32.7 Å². The van der Waals surface area contributed by atoms with Gasteiger partial charge in [-0.1, -0.05) is 0 Å². The Morgan fingerprint density at radius 3 is 2.62 bits per heavy atom. The lowest BCUT2D eigenvalue weighted by molar-refractivity contribution is -0.107. The van der Waals surface area contributed by atoms with Crippen LogP contribution in [0.2, 0.25) is 0 Å². The lowest BCUT2D eigenvalue weighted by Crippen LogP contribution is -2.59. The van der Waals surface area contributed by atoms with Gasteiger partial charge >= 0.3 is 0 Å². The molecule has 0 aromatic carbocycles. The van der Waals surface area contributed by atoms with Crippen LogP contribution in [0.1, 0.15) is 20.8 Å². The fraction of sp³-hybridized carbons (Fsp3) is 1.00. The quantitative estimate of drug-likeness (QED) is 0.758. The summed E-state index contributed by atoms with van der Waals surface area (Å²) in [4.78, 5) is 2.43. The molecule has 0 radical (unpaired) electrons. The Balaban J connectivity index is 1.66. The van der Waals surface area contributed by atoms with Crippen molar-refractivity contribution in [1.29, 1.82) is 0 Å². The maximum atomic E-state index is 5.89. The predicted molar refractivity (Wildman–Crippen MR) is 63.7 cm³/mol. The van der Waals surface area contributed by atoms with E-state index in [0.717, 1.165) is 45.9 Å². The van der Waals surface area contributed by atoms with Gasteiger partial charge in [-0.05, 0) is 20.8 Å². The first-order valence-corrected chi connectivity index (χ1v) is 6.20. The van der Waals surface area contributed by atoms with E-state index in [0.29, 0.717) is 0 Å². The van der Waals surface area contributed by atoms with Crippen molar-refractivity contribution in [1.82, 2.24) is 10.2 Å². The zero-order chi connectivity index (χ0) is 11.6. The van der Waals surface area contributed by atoms with Crippen LogP contribution in [0.25, 0.3) is 0 Å². The minimum absolute atomic E-state index is 0.000176. The molecule has 0 atom stereocenters. The topological polar surface area (TPSA) is 33.7 Å². The highest BCUT2D eigenvalue weighted by atomic mass is 16.5. The summed E-state index contributed by atoms with van der Waals surface area (Å²) >= 11 is 0. The first-order valence-electron chi connectivity index (χ1n) is 6.20. The second-order valence-corrected chi connectivity index (χ2v) is 5.79. The van der Waals surface area contributed by atoms with Crippen molar-refractivity contribution in [3.63, 3.8) is 0 Å². The summed E-state index contributed by atoms with van der Waals surface area (Å²) < 4.78 is 11.6. The lowest BCUT2D eigenvalue weighted by atomic mass is 10.0. The molecule has 2 heterocycles. The van der Waals surface area contributed by atoms with Crippen LogP contribution in [0.15, 0.2) is 0 Å².